The third kappa shape index (κ3) is 3.47. The number of hydrogen-bond acceptors (Lipinski definition) is 3. The zero-order valence-electron chi connectivity index (χ0n) is 11.9. The fourth-order valence-corrected chi connectivity index (χ4v) is 2.21. The van der Waals surface area contributed by atoms with Gasteiger partial charge in [0.2, 0.25) is 0 Å². The quantitative estimate of drug-likeness (QED) is 0.851. The molecule has 5 heteroatoms. The number of methoxy groups -OCH3 is 1. The van der Waals surface area contributed by atoms with Crippen molar-refractivity contribution in [3.05, 3.63) is 58.6 Å². The summed E-state index contributed by atoms with van der Waals surface area (Å²) in [5.41, 5.74) is 7.41. The number of halogens is 1. The molecular formula is C16H17ClN2O2. The van der Waals surface area contributed by atoms with Crippen molar-refractivity contribution in [2.75, 3.05) is 12.8 Å². The Balaban J connectivity index is 2.16. The number of hydrogen-bond donors (Lipinski definition) is 2. The van der Waals surface area contributed by atoms with Crippen molar-refractivity contribution in [2.24, 2.45) is 0 Å². The van der Waals surface area contributed by atoms with E-state index in [1.165, 1.54) is 0 Å². The number of nitrogens with two attached hydrogens (primary N) is 1. The Hall–Kier alpha value is -2.20. The predicted molar refractivity (Wildman–Crippen MR) is 84.7 cm³/mol. The molecule has 3 N–H and O–H groups in total. The van der Waals surface area contributed by atoms with Crippen molar-refractivity contribution >= 4 is 23.2 Å². The summed E-state index contributed by atoms with van der Waals surface area (Å²) in [6.07, 6.45) is 0. The highest BCUT2D eigenvalue weighted by Gasteiger charge is 2.15. The van der Waals surface area contributed by atoms with Crippen LogP contribution in [0.2, 0.25) is 5.02 Å². The van der Waals surface area contributed by atoms with Gasteiger partial charge in [-0.1, -0.05) is 29.8 Å². The van der Waals surface area contributed by atoms with Crippen LogP contribution >= 0.6 is 11.6 Å². The highest BCUT2D eigenvalue weighted by Crippen LogP contribution is 2.24. The lowest BCUT2D eigenvalue weighted by Crippen LogP contribution is -2.27. The average Bonchev–Trinajstić information content (AvgIpc) is 2.49. The Morgan fingerprint density at radius 2 is 2.00 bits per heavy atom. The van der Waals surface area contributed by atoms with Crippen LogP contribution in [-0.4, -0.2) is 13.0 Å². The number of ether oxygens (including phenoxy) is 1. The van der Waals surface area contributed by atoms with Gasteiger partial charge in [0, 0.05) is 0 Å². The third-order valence-corrected chi connectivity index (χ3v) is 3.64. The summed E-state index contributed by atoms with van der Waals surface area (Å²) in [5, 5.41) is 3.17. The molecule has 0 saturated heterocycles. The highest BCUT2D eigenvalue weighted by molar-refractivity contribution is 6.36. The van der Waals surface area contributed by atoms with E-state index >= 15 is 0 Å². The summed E-state index contributed by atoms with van der Waals surface area (Å²) in [5.74, 6) is 0.484. The van der Waals surface area contributed by atoms with Crippen LogP contribution in [-0.2, 0) is 0 Å². The molecule has 21 heavy (non-hydrogen) atoms. The van der Waals surface area contributed by atoms with Gasteiger partial charge in [-0.05, 0) is 36.8 Å². The lowest BCUT2D eigenvalue weighted by molar-refractivity contribution is 0.0940. The molecule has 0 fully saturated rings. The van der Waals surface area contributed by atoms with Crippen molar-refractivity contribution < 1.29 is 9.53 Å². The molecule has 110 valence electrons. The molecule has 2 aromatic carbocycles. The number of benzene rings is 2. The predicted octanol–water partition coefficient (Wildman–Crippen LogP) is 3.42. The second-order valence-electron chi connectivity index (χ2n) is 4.68. The minimum absolute atomic E-state index is 0.176. The number of carbonyl (C=O) groups is 1. The van der Waals surface area contributed by atoms with E-state index in [2.05, 4.69) is 5.32 Å². The summed E-state index contributed by atoms with van der Waals surface area (Å²) in [6.45, 7) is 1.90. The van der Waals surface area contributed by atoms with E-state index in [0.29, 0.717) is 11.3 Å². The van der Waals surface area contributed by atoms with Crippen LogP contribution in [0.15, 0.2) is 42.5 Å². The van der Waals surface area contributed by atoms with Gasteiger partial charge in [-0.15, -0.1) is 0 Å². The average molecular weight is 305 g/mol. The van der Waals surface area contributed by atoms with Crippen molar-refractivity contribution in [3.8, 4) is 5.75 Å². The number of nitrogen functional groups attached to an aromatic ring is 1. The van der Waals surface area contributed by atoms with Gasteiger partial charge >= 0.3 is 0 Å². The molecule has 2 aromatic rings. The molecule has 2 rings (SSSR count). The first-order valence-corrected chi connectivity index (χ1v) is 6.89. The first-order chi connectivity index (χ1) is 10.0. The molecule has 1 atom stereocenters. The first-order valence-electron chi connectivity index (χ1n) is 6.51. The molecule has 0 radical (unpaired) electrons. The summed E-state index contributed by atoms with van der Waals surface area (Å²) < 4.78 is 5.18. The minimum atomic E-state index is -0.261. The molecule has 4 nitrogen and oxygen atoms in total. The van der Waals surface area contributed by atoms with E-state index in [9.17, 15) is 4.79 Å². The van der Waals surface area contributed by atoms with E-state index in [-0.39, 0.29) is 17.0 Å². The van der Waals surface area contributed by atoms with Gasteiger partial charge < -0.3 is 15.8 Å². The minimum Gasteiger partial charge on any atom is -0.497 e. The molecule has 0 aliphatic carbocycles. The maximum atomic E-state index is 12.3. The molecule has 0 bridgehead atoms. The summed E-state index contributed by atoms with van der Waals surface area (Å²) in [6, 6.07) is 12.4. The van der Waals surface area contributed by atoms with Gasteiger partial charge in [0.25, 0.3) is 5.91 Å². The normalized spacial score (nSPS) is 11.8. The molecule has 1 unspecified atom stereocenters. The van der Waals surface area contributed by atoms with Gasteiger partial charge in [-0.3, -0.25) is 4.79 Å². The smallest absolute Gasteiger partial charge is 0.253 e. The summed E-state index contributed by atoms with van der Waals surface area (Å²) >= 11 is 6.06. The molecule has 0 aliphatic heterocycles. The second kappa shape index (κ2) is 6.50. The Bertz CT molecular complexity index is 658. The van der Waals surface area contributed by atoms with Gasteiger partial charge in [0.1, 0.15) is 5.75 Å². The fourth-order valence-electron chi connectivity index (χ4n) is 1.99. The van der Waals surface area contributed by atoms with Crippen molar-refractivity contribution in [1.29, 1.82) is 0 Å². The standard InChI is InChI=1S/C16H17ClN2O2/c1-10(11-5-3-6-12(9-11)21-2)19-16(20)13-7-4-8-14(18)15(13)17/h3-10H,18H2,1-2H3,(H,19,20). The van der Waals surface area contributed by atoms with Crippen molar-refractivity contribution in [2.45, 2.75) is 13.0 Å². The topological polar surface area (TPSA) is 64.3 Å². The van der Waals surface area contributed by atoms with Crippen LogP contribution in [0.5, 0.6) is 5.75 Å². The molecule has 0 aliphatic rings. The van der Waals surface area contributed by atoms with Gasteiger partial charge in [-0.25, -0.2) is 0 Å². The van der Waals surface area contributed by atoms with Crippen LogP contribution < -0.4 is 15.8 Å². The lowest BCUT2D eigenvalue weighted by atomic mass is 10.1. The third-order valence-electron chi connectivity index (χ3n) is 3.21. The lowest BCUT2D eigenvalue weighted by Gasteiger charge is -2.16. The second-order valence-corrected chi connectivity index (χ2v) is 5.06. The zero-order chi connectivity index (χ0) is 15.4. The Morgan fingerprint density at radius 1 is 1.29 bits per heavy atom. The van der Waals surface area contributed by atoms with E-state index in [0.717, 1.165) is 11.3 Å². The number of amides is 1. The summed E-state index contributed by atoms with van der Waals surface area (Å²) in [4.78, 5) is 12.3. The number of rotatable bonds is 4. The highest BCUT2D eigenvalue weighted by atomic mass is 35.5. The Kier molecular flexibility index (Phi) is 4.70. The van der Waals surface area contributed by atoms with E-state index in [4.69, 9.17) is 22.1 Å². The fraction of sp³-hybridized carbons (Fsp3) is 0.188. The van der Waals surface area contributed by atoms with Gasteiger partial charge in [0.05, 0.1) is 29.4 Å². The van der Waals surface area contributed by atoms with Crippen molar-refractivity contribution in [3.63, 3.8) is 0 Å². The van der Waals surface area contributed by atoms with Crippen LogP contribution in [0.4, 0.5) is 5.69 Å². The van der Waals surface area contributed by atoms with Crippen LogP contribution in [0.25, 0.3) is 0 Å². The molecular weight excluding hydrogens is 288 g/mol. The van der Waals surface area contributed by atoms with Crippen LogP contribution in [0, 0.1) is 0 Å². The van der Waals surface area contributed by atoms with E-state index < -0.39 is 0 Å². The molecule has 0 heterocycles. The first kappa shape index (κ1) is 15.2. The molecule has 0 spiro atoms. The number of nitrogens with one attached hydrogen (secondary N) is 1. The monoisotopic (exact) mass is 304 g/mol. The van der Waals surface area contributed by atoms with Gasteiger partial charge in [0.15, 0.2) is 0 Å². The maximum absolute atomic E-state index is 12.3. The van der Waals surface area contributed by atoms with Crippen LogP contribution in [0.3, 0.4) is 0 Å². The van der Waals surface area contributed by atoms with Crippen molar-refractivity contribution in [1.82, 2.24) is 5.32 Å². The van der Waals surface area contributed by atoms with Gasteiger partial charge in [-0.2, -0.15) is 0 Å². The number of carbonyl (C=O) groups excluding carboxylic acids is 1. The zero-order valence-corrected chi connectivity index (χ0v) is 12.6. The Morgan fingerprint density at radius 3 is 2.71 bits per heavy atom. The largest absolute Gasteiger partial charge is 0.497 e. The molecule has 0 aromatic heterocycles. The number of anilines is 1. The molecule has 0 saturated carbocycles. The Labute approximate surface area is 128 Å². The summed E-state index contributed by atoms with van der Waals surface area (Å²) in [7, 11) is 1.61. The van der Waals surface area contributed by atoms with E-state index in [1.54, 1.807) is 25.3 Å². The van der Waals surface area contributed by atoms with Crippen LogP contribution in [0.1, 0.15) is 28.9 Å². The maximum Gasteiger partial charge on any atom is 0.253 e. The molecule has 1 amide bonds. The SMILES string of the molecule is COc1cccc(C(C)NC(=O)c2cccc(N)c2Cl)c1. The van der Waals surface area contributed by atoms with E-state index in [1.807, 2.05) is 31.2 Å².